The van der Waals surface area contributed by atoms with Crippen LogP contribution in [0.5, 0.6) is 0 Å². The standard InChI is InChI=1S/C23H19ClF2N4O5/c24-16-9-13(1-4-17(16)25)28-21(31)15-2-5-18(26)20-14(15)3-6-19(20)29-22(32)35-8-7-12-10-27-30(11-12)23(33)34/h1-2,4-5,9-11,19H,3,6-8H2,(H,28,31)(H,29,32)(H,33,34)/t19-/m0/s1. The molecule has 0 saturated heterocycles. The summed E-state index contributed by atoms with van der Waals surface area (Å²) in [6.07, 6.45) is 1.60. The highest BCUT2D eigenvalue weighted by Crippen LogP contribution is 2.36. The Morgan fingerprint density at radius 1 is 1.20 bits per heavy atom. The summed E-state index contributed by atoms with van der Waals surface area (Å²) >= 11 is 5.75. The molecule has 0 saturated carbocycles. The normalized spacial score (nSPS) is 14.3. The van der Waals surface area contributed by atoms with Crippen molar-refractivity contribution in [3.8, 4) is 0 Å². The van der Waals surface area contributed by atoms with Crippen LogP contribution < -0.4 is 10.6 Å². The molecule has 0 bridgehead atoms. The first-order chi connectivity index (χ1) is 16.7. The number of ether oxygens (including phenoxy) is 1. The van der Waals surface area contributed by atoms with Crippen molar-refractivity contribution in [2.24, 2.45) is 0 Å². The van der Waals surface area contributed by atoms with Crippen molar-refractivity contribution in [3.05, 3.63) is 81.6 Å². The number of carboxylic acid groups (broad SMARTS) is 1. The van der Waals surface area contributed by atoms with E-state index in [4.69, 9.17) is 21.4 Å². The van der Waals surface area contributed by atoms with Crippen LogP contribution in [-0.4, -0.2) is 39.6 Å². The van der Waals surface area contributed by atoms with E-state index in [9.17, 15) is 23.2 Å². The van der Waals surface area contributed by atoms with Crippen LogP contribution in [0.4, 0.5) is 24.1 Å². The Hall–Kier alpha value is -3.99. The van der Waals surface area contributed by atoms with Gasteiger partial charge in [0.15, 0.2) is 0 Å². The smallest absolute Gasteiger partial charge is 0.432 e. The third-order valence-electron chi connectivity index (χ3n) is 5.51. The number of alkyl carbamates (subject to hydrolysis) is 1. The van der Waals surface area contributed by atoms with Gasteiger partial charge in [-0.05, 0) is 54.3 Å². The molecule has 0 fully saturated rings. The summed E-state index contributed by atoms with van der Waals surface area (Å²) in [6, 6.07) is 5.56. The fourth-order valence-corrected chi connectivity index (χ4v) is 4.06. The summed E-state index contributed by atoms with van der Waals surface area (Å²) < 4.78 is 33.9. The van der Waals surface area contributed by atoms with Crippen LogP contribution in [0.15, 0.2) is 42.7 Å². The SMILES string of the molecule is O=C(N[C@H]1CCc2c(C(=O)Nc3ccc(F)c(Cl)c3)ccc(F)c21)OCCc1cnn(C(=O)O)c1. The molecular weight excluding hydrogens is 486 g/mol. The molecule has 2 amide bonds. The summed E-state index contributed by atoms with van der Waals surface area (Å²) in [4.78, 5) is 35.9. The number of amides is 2. The number of carbonyl (C=O) groups excluding carboxylic acids is 2. The van der Waals surface area contributed by atoms with E-state index in [1.54, 1.807) is 0 Å². The zero-order chi connectivity index (χ0) is 25.1. The van der Waals surface area contributed by atoms with E-state index < -0.39 is 35.8 Å². The third-order valence-corrected chi connectivity index (χ3v) is 5.80. The third kappa shape index (κ3) is 5.40. The summed E-state index contributed by atoms with van der Waals surface area (Å²) in [5.41, 5.74) is 1.74. The zero-order valence-corrected chi connectivity index (χ0v) is 18.8. The number of rotatable bonds is 6. The molecule has 182 valence electrons. The maximum absolute atomic E-state index is 14.7. The maximum atomic E-state index is 14.7. The summed E-state index contributed by atoms with van der Waals surface area (Å²) in [6.45, 7) is -0.0398. The second-order valence-electron chi connectivity index (χ2n) is 7.77. The van der Waals surface area contributed by atoms with Crippen LogP contribution in [-0.2, 0) is 17.6 Å². The minimum absolute atomic E-state index is 0.0398. The molecule has 0 unspecified atom stereocenters. The molecule has 1 heterocycles. The zero-order valence-electron chi connectivity index (χ0n) is 18.1. The Balaban J connectivity index is 1.39. The Bertz CT molecular complexity index is 1310. The Morgan fingerprint density at radius 2 is 1.97 bits per heavy atom. The van der Waals surface area contributed by atoms with E-state index in [0.29, 0.717) is 24.0 Å². The summed E-state index contributed by atoms with van der Waals surface area (Å²) in [5, 5.41) is 17.6. The summed E-state index contributed by atoms with van der Waals surface area (Å²) in [7, 11) is 0. The molecule has 1 aliphatic rings. The molecule has 3 N–H and O–H groups in total. The number of fused-ring (bicyclic) bond motifs is 1. The van der Waals surface area contributed by atoms with E-state index in [1.807, 2.05) is 0 Å². The predicted molar refractivity (Wildman–Crippen MR) is 121 cm³/mol. The van der Waals surface area contributed by atoms with Crippen LogP contribution in [0.3, 0.4) is 0 Å². The number of benzene rings is 2. The number of halogens is 3. The lowest BCUT2D eigenvalue weighted by Crippen LogP contribution is -2.29. The first kappa shape index (κ1) is 24.1. The van der Waals surface area contributed by atoms with Crippen LogP contribution in [0.1, 0.15) is 39.5 Å². The van der Waals surface area contributed by atoms with Gasteiger partial charge in [0.2, 0.25) is 0 Å². The van der Waals surface area contributed by atoms with Gasteiger partial charge in [0.1, 0.15) is 11.6 Å². The highest BCUT2D eigenvalue weighted by atomic mass is 35.5. The van der Waals surface area contributed by atoms with E-state index in [2.05, 4.69) is 15.7 Å². The molecule has 35 heavy (non-hydrogen) atoms. The molecule has 12 heteroatoms. The Morgan fingerprint density at radius 3 is 2.69 bits per heavy atom. The lowest BCUT2D eigenvalue weighted by Gasteiger charge is -2.16. The molecule has 9 nitrogen and oxygen atoms in total. The number of hydrogen-bond acceptors (Lipinski definition) is 5. The van der Waals surface area contributed by atoms with Gasteiger partial charge in [-0.25, -0.2) is 18.4 Å². The van der Waals surface area contributed by atoms with Crippen LogP contribution in [0, 0.1) is 11.6 Å². The first-order valence-corrected chi connectivity index (χ1v) is 10.9. The van der Waals surface area contributed by atoms with Gasteiger partial charge in [0.25, 0.3) is 5.91 Å². The fourth-order valence-electron chi connectivity index (χ4n) is 3.88. The average molecular weight is 505 g/mol. The molecular formula is C23H19ClF2N4O5. The van der Waals surface area contributed by atoms with Crippen molar-refractivity contribution >= 4 is 35.4 Å². The number of carbonyl (C=O) groups is 3. The molecule has 0 radical (unpaired) electrons. The van der Waals surface area contributed by atoms with Gasteiger partial charge in [0, 0.05) is 29.4 Å². The topological polar surface area (TPSA) is 123 Å². The van der Waals surface area contributed by atoms with Crippen LogP contribution in [0.25, 0.3) is 0 Å². The molecule has 0 spiro atoms. The minimum Gasteiger partial charge on any atom is -0.463 e. The quantitative estimate of drug-likeness (QED) is 0.452. The number of nitrogens with one attached hydrogen (secondary N) is 2. The van der Waals surface area contributed by atoms with Crippen molar-refractivity contribution < 1.29 is 33.0 Å². The number of nitrogens with zero attached hydrogens (tertiary/aromatic N) is 2. The molecule has 0 aliphatic heterocycles. The molecule has 1 atom stereocenters. The number of aromatic nitrogens is 2. The minimum atomic E-state index is -1.23. The van der Waals surface area contributed by atoms with Crippen molar-refractivity contribution in [1.82, 2.24) is 15.1 Å². The number of hydrogen-bond donors (Lipinski definition) is 3. The highest BCUT2D eigenvalue weighted by molar-refractivity contribution is 6.31. The van der Waals surface area contributed by atoms with Gasteiger partial charge in [0.05, 0.1) is 23.9 Å². The lowest BCUT2D eigenvalue weighted by atomic mass is 10.0. The van der Waals surface area contributed by atoms with Crippen molar-refractivity contribution in [3.63, 3.8) is 0 Å². The van der Waals surface area contributed by atoms with Gasteiger partial charge in [-0.15, -0.1) is 0 Å². The van der Waals surface area contributed by atoms with E-state index >= 15 is 0 Å². The molecule has 2 aromatic carbocycles. The van der Waals surface area contributed by atoms with Crippen LogP contribution in [0.2, 0.25) is 5.02 Å². The second-order valence-corrected chi connectivity index (χ2v) is 8.17. The molecule has 1 aromatic heterocycles. The average Bonchev–Trinajstić information content (AvgIpc) is 3.45. The maximum Gasteiger partial charge on any atom is 0.432 e. The van der Waals surface area contributed by atoms with E-state index in [-0.39, 0.29) is 34.9 Å². The Labute approximate surface area is 202 Å². The summed E-state index contributed by atoms with van der Waals surface area (Å²) in [5.74, 6) is -1.71. The van der Waals surface area contributed by atoms with E-state index in [0.717, 1.165) is 16.8 Å². The lowest BCUT2D eigenvalue weighted by molar-refractivity contribution is 0.102. The van der Waals surface area contributed by atoms with Gasteiger partial charge in [-0.2, -0.15) is 9.78 Å². The Kier molecular flexibility index (Phi) is 6.97. The first-order valence-electron chi connectivity index (χ1n) is 10.5. The predicted octanol–water partition coefficient (Wildman–Crippen LogP) is 4.55. The molecule has 1 aliphatic carbocycles. The van der Waals surface area contributed by atoms with Gasteiger partial charge in [-0.1, -0.05) is 11.6 Å². The van der Waals surface area contributed by atoms with Gasteiger partial charge >= 0.3 is 12.2 Å². The largest absolute Gasteiger partial charge is 0.463 e. The second kappa shape index (κ2) is 10.1. The van der Waals surface area contributed by atoms with Crippen LogP contribution >= 0.6 is 11.6 Å². The molecule has 3 aromatic rings. The van der Waals surface area contributed by atoms with E-state index in [1.165, 1.54) is 30.6 Å². The van der Waals surface area contributed by atoms with Gasteiger partial charge in [-0.3, -0.25) is 4.79 Å². The fraction of sp³-hybridized carbons (Fsp3) is 0.217. The molecule has 4 rings (SSSR count). The monoisotopic (exact) mass is 504 g/mol. The van der Waals surface area contributed by atoms with Crippen molar-refractivity contribution in [2.45, 2.75) is 25.3 Å². The van der Waals surface area contributed by atoms with Gasteiger partial charge < -0.3 is 20.5 Å². The number of anilines is 1. The van der Waals surface area contributed by atoms with Crippen molar-refractivity contribution in [1.29, 1.82) is 0 Å². The highest BCUT2D eigenvalue weighted by Gasteiger charge is 2.31. The van der Waals surface area contributed by atoms with Crippen molar-refractivity contribution in [2.75, 3.05) is 11.9 Å².